The molecule has 0 radical (unpaired) electrons. The first-order chi connectivity index (χ1) is 13.4. The molecule has 28 heavy (non-hydrogen) atoms. The van der Waals surface area contributed by atoms with Crippen LogP contribution >= 0.6 is 11.3 Å². The zero-order chi connectivity index (χ0) is 19.7. The molecule has 0 aliphatic carbocycles. The number of aromatic amines is 1. The van der Waals surface area contributed by atoms with E-state index in [2.05, 4.69) is 19.8 Å². The number of aryl methyl sites for hydroxylation is 1. The van der Waals surface area contributed by atoms with Crippen molar-refractivity contribution in [2.45, 2.75) is 37.4 Å². The minimum Gasteiger partial charge on any atom is -0.299 e. The molecule has 2 N–H and O–H groups in total. The van der Waals surface area contributed by atoms with Crippen LogP contribution in [-0.4, -0.2) is 36.6 Å². The third kappa shape index (κ3) is 3.99. The summed E-state index contributed by atoms with van der Waals surface area (Å²) >= 11 is 1.23. The van der Waals surface area contributed by atoms with Crippen molar-refractivity contribution in [2.24, 2.45) is 0 Å². The fraction of sp³-hybridized carbons (Fsp3) is 0.350. The molecule has 0 bridgehead atoms. The maximum Gasteiger partial charge on any atom is 0.271 e. The van der Waals surface area contributed by atoms with Gasteiger partial charge in [-0.15, -0.1) is 11.3 Å². The summed E-state index contributed by atoms with van der Waals surface area (Å²) in [5, 5.41) is 7.24. The number of H-pyrrole nitrogens is 1. The van der Waals surface area contributed by atoms with Crippen LogP contribution < -0.4 is 4.72 Å². The van der Waals surface area contributed by atoms with Gasteiger partial charge in [-0.05, 0) is 75.2 Å². The minimum atomic E-state index is -3.63. The van der Waals surface area contributed by atoms with Gasteiger partial charge in [-0.3, -0.25) is 14.7 Å². The first-order valence-electron chi connectivity index (χ1n) is 9.38. The highest BCUT2D eigenvalue weighted by atomic mass is 32.2. The number of thiophene rings is 1. The first kappa shape index (κ1) is 19.2. The second kappa shape index (κ2) is 7.69. The lowest BCUT2D eigenvalue weighted by Crippen LogP contribution is -2.18. The number of hydrogen-bond acceptors (Lipinski definition) is 5. The van der Waals surface area contributed by atoms with Crippen LogP contribution in [0.2, 0.25) is 0 Å². The van der Waals surface area contributed by atoms with Gasteiger partial charge in [-0.25, -0.2) is 8.42 Å². The molecule has 6 nitrogen and oxygen atoms in total. The van der Waals surface area contributed by atoms with Crippen molar-refractivity contribution < 1.29 is 8.42 Å². The zero-order valence-corrected chi connectivity index (χ0v) is 17.7. The van der Waals surface area contributed by atoms with E-state index in [1.54, 1.807) is 12.1 Å². The van der Waals surface area contributed by atoms with Gasteiger partial charge in [0.15, 0.2) is 0 Å². The number of hydrogen-bond donors (Lipinski definition) is 2. The summed E-state index contributed by atoms with van der Waals surface area (Å²) in [6.45, 7) is 7.01. The molecule has 148 valence electrons. The van der Waals surface area contributed by atoms with Gasteiger partial charge in [-0.2, -0.15) is 5.10 Å². The summed E-state index contributed by atoms with van der Waals surface area (Å²) in [6.07, 6.45) is 2.48. The molecule has 3 aromatic rings. The van der Waals surface area contributed by atoms with Gasteiger partial charge < -0.3 is 0 Å². The van der Waals surface area contributed by atoms with Crippen molar-refractivity contribution in [2.75, 3.05) is 17.8 Å². The van der Waals surface area contributed by atoms with E-state index < -0.39 is 10.0 Å². The molecule has 1 saturated heterocycles. The Hall–Kier alpha value is -2.16. The second-order valence-electron chi connectivity index (χ2n) is 7.23. The molecule has 0 saturated carbocycles. The van der Waals surface area contributed by atoms with Gasteiger partial charge in [0.25, 0.3) is 10.0 Å². The average Bonchev–Trinajstić information content (AvgIpc) is 3.38. The van der Waals surface area contributed by atoms with E-state index in [9.17, 15) is 8.42 Å². The lowest BCUT2D eigenvalue weighted by molar-refractivity contribution is 0.331. The Bertz CT molecular complexity index is 1080. The third-order valence-electron chi connectivity index (χ3n) is 5.12. The summed E-state index contributed by atoms with van der Waals surface area (Å²) < 4.78 is 28.7. The maximum absolute atomic E-state index is 12.9. The Morgan fingerprint density at radius 1 is 1.18 bits per heavy atom. The Kier molecular flexibility index (Phi) is 5.27. The number of aromatic nitrogens is 2. The van der Waals surface area contributed by atoms with E-state index in [0.29, 0.717) is 5.69 Å². The van der Waals surface area contributed by atoms with Gasteiger partial charge in [0.1, 0.15) is 9.90 Å². The van der Waals surface area contributed by atoms with Gasteiger partial charge in [0, 0.05) is 17.9 Å². The molecule has 0 unspecified atom stereocenters. The van der Waals surface area contributed by atoms with Crippen molar-refractivity contribution in [3.8, 4) is 10.6 Å². The predicted octanol–water partition coefficient (Wildman–Crippen LogP) is 4.15. The zero-order valence-electron chi connectivity index (χ0n) is 16.0. The van der Waals surface area contributed by atoms with Crippen LogP contribution in [0.1, 0.15) is 29.7 Å². The smallest absolute Gasteiger partial charge is 0.271 e. The number of rotatable bonds is 6. The van der Waals surface area contributed by atoms with E-state index in [1.807, 2.05) is 38.1 Å². The summed E-state index contributed by atoms with van der Waals surface area (Å²) in [5.74, 6) is 0. The van der Waals surface area contributed by atoms with Crippen LogP contribution in [0.15, 0.2) is 40.6 Å². The molecular weight excluding hydrogens is 392 g/mol. The van der Waals surface area contributed by atoms with Crippen LogP contribution in [0.4, 0.5) is 5.69 Å². The van der Waals surface area contributed by atoms with E-state index in [1.165, 1.54) is 24.2 Å². The number of benzene rings is 1. The maximum atomic E-state index is 12.9. The molecule has 8 heteroatoms. The van der Waals surface area contributed by atoms with Gasteiger partial charge in [0.05, 0.1) is 4.88 Å². The van der Waals surface area contributed by atoms with Crippen molar-refractivity contribution in [1.29, 1.82) is 0 Å². The van der Waals surface area contributed by atoms with Crippen LogP contribution in [0.3, 0.4) is 0 Å². The van der Waals surface area contributed by atoms with Crippen LogP contribution in [0.25, 0.3) is 10.6 Å². The molecule has 1 aliphatic rings. The van der Waals surface area contributed by atoms with Crippen molar-refractivity contribution in [3.63, 3.8) is 0 Å². The van der Waals surface area contributed by atoms with E-state index in [0.717, 1.165) is 47.0 Å². The molecular formula is C20H24N4O2S2. The molecule has 4 rings (SSSR count). The van der Waals surface area contributed by atoms with Gasteiger partial charge in [0.2, 0.25) is 0 Å². The molecule has 0 atom stereocenters. The fourth-order valence-corrected chi connectivity index (χ4v) is 5.86. The monoisotopic (exact) mass is 416 g/mol. The molecule has 2 aromatic heterocycles. The van der Waals surface area contributed by atoms with Crippen LogP contribution in [0, 0.1) is 13.8 Å². The van der Waals surface area contributed by atoms with Crippen molar-refractivity contribution >= 4 is 27.0 Å². The Morgan fingerprint density at radius 3 is 2.68 bits per heavy atom. The molecule has 1 aromatic carbocycles. The Labute approximate surface area is 169 Å². The Balaban J connectivity index is 1.52. The molecule has 0 amide bonds. The van der Waals surface area contributed by atoms with E-state index in [4.69, 9.17) is 0 Å². The van der Waals surface area contributed by atoms with Crippen LogP contribution in [-0.2, 0) is 16.6 Å². The van der Waals surface area contributed by atoms with Gasteiger partial charge in [-0.1, -0.05) is 12.1 Å². The number of sulfonamides is 1. The molecule has 1 aliphatic heterocycles. The number of anilines is 1. The normalized spacial score (nSPS) is 15.2. The first-order valence-corrected chi connectivity index (χ1v) is 11.7. The lowest BCUT2D eigenvalue weighted by Gasteiger charge is -2.15. The molecule has 0 spiro atoms. The SMILES string of the molecule is Cc1[nH]nc(-c2ccc(S(=O)(=O)Nc3cccc(CN4CCCC4)c3)s2)c1C. The molecule has 1 fully saturated rings. The third-order valence-corrected chi connectivity index (χ3v) is 8.08. The fourth-order valence-electron chi connectivity index (χ4n) is 3.45. The second-order valence-corrected chi connectivity index (χ2v) is 10.2. The largest absolute Gasteiger partial charge is 0.299 e. The highest BCUT2D eigenvalue weighted by Crippen LogP contribution is 2.33. The molecule has 3 heterocycles. The quantitative estimate of drug-likeness (QED) is 0.633. The lowest BCUT2D eigenvalue weighted by atomic mass is 10.2. The van der Waals surface area contributed by atoms with Crippen molar-refractivity contribution in [1.82, 2.24) is 15.1 Å². The van der Waals surface area contributed by atoms with Crippen LogP contribution in [0.5, 0.6) is 0 Å². The topological polar surface area (TPSA) is 78.1 Å². The number of nitrogens with one attached hydrogen (secondary N) is 2. The predicted molar refractivity (Wildman–Crippen MR) is 113 cm³/mol. The summed E-state index contributed by atoms with van der Waals surface area (Å²) in [5.41, 5.74) is 4.54. The van der Waals surface area contributed by atoms with Crippen molar-refractivity contribution in [3.05, 3.63) is 53.2 Å². The minimum absolute atomic E-state index is 0.285. The summed E-state index contributed by atoms with van der Waals surface area (Å²) in [6, 6.07) is 11.1. The highest BCUT2D eigenvalue weighted by Gasteiger charge is 2.20. The average molecular weight is 417 g/mol. The highest BCUT2D eigenvalue weighted by molar-refractivity contribution is 7.94. The summed E-state index contributed by atoms with van der Waals surface area (Å²) in [7, 11) is -3.63. The van der Waals surface area contributed by atoms with E-state index in [-0.39, 0.29) is 4.21 Å². The summed E-state index contributed by atoms with van der Waals surface area (Å²) in [4.78, 5) is 3.23. The number of nitrogens with zero attached hydrogens (tertiary/aromatic N) is 2. The number of likely N-dealkylation sites (tertiary alicyclic amines) is 1. The Morgan fingerprint density at radius 2 is 1.96 bits per heavy atom. The van der Waals surface area contributed by atoms with E-state index >= 15 is 0 Å². The van der Waals surface area contributed by atoms with Gasteiger partial charge >= 0.3 is 0 Å². The standard InChI is InChI=1S/C20H24N4O2S2/c1-14-15(2)21-22-20(14)18-8-9-19(27-18)28(25,26)23-17-7-5-6-16(12-17)13-24-10-3-4-11-24/h5-9,12,23H,3-4,10-11,13H2,1-2H3,(H,21,22).